The van der Waals surface area contributed by atoms with E-state index in [4.69, 9.17) is 14.2 Å². The predicted octanol–water partition coefficient (Wildman–Crippen LogP) is 4.65. The van der Waals surface area contributed by atoms with Gasteiger partial charge in [0, 0.05) is 47.9 Å². The highest BCUT2D eigenvalue weighted by atomic mass is 32.2. The molecule has 0 saturated carbocycles. The van der Waals surface area contributed by atoms with Gasteiger partial charge in [-0.15, -0.1) is 0 Å². The molecule has 258 valence electrons. The predicted molar refractivity (Wildman–Crippen MR) is 184 cm³/mol. The summed E-state index contributed by atoms with van der Waals surface area (Å²) in [5.74, 6) is 1.26. The van der Waals surface area contributed by atoms with Gasteiger partial charge in [0.15, 0.2) is 22.9 Å². The summed E-state index contributed by atoms with van der Waals surface area (Å²) < 4.78 is 87.0. The summed E-state index contributed by atoms with van der Waals surface area (Å²) in [6.45, 7) is 4.07. The fourth-order valence-electron chi connectivity index (χ4n) is 5.76. The van der Waals surface area contributed by atoms with E-state index in [1.54, 1.807) is 14.2 Å². The number of allylic oxidation sites excluding steroid dienone is 2. The number of ether oxygens (including phenoxy) is 3. The van der Waals surface area contributed by atoms with Gasteiger partial charge in [0.1, 0.15) is 0 Å². The molecule has 0 aliphatic carbocycles. The molecule has 3 aromatic rings. The van der Waals surface area contributed by atoms with Crippen molar-refractivity contribution in [2.45, 2.75) is 49.5 Å². The van der Waals surface area contributed by atoms with Crippen molar-refractivity contribution in [2.75, 3.05) is 38.0 Å². The summed E-state index contributed by atoms with van der Waals surface area (Å²) in [5, 5.41) is -0.233. The maximum Gasteiger partial charge on any atom is 0.257 e. The fourth-order valence-corrected chi connectivity index (χ4v) is 7.82. The van der Waals surface area contributed by atoms with Gasteiger partial charge in [-0.05, 0) is 48.6 Å². The molecular weight excluding hydrogens is 677 g/mol. The van der Waals surface area contributed by atoms with Crippen LogP contribution in [-0.2, 0) is 20.2 Å². The van der Waals surface area contributed by atoms with E-state index in [2.05, 4.69) is 0 Å². The van der Waals surface area contributed by atoms with E-state index in [0.717, 1.165) is 42.9 Å². The molecule has 14 heteroatoms. The summed E-state index contributed by atoms with van der Waals surface area (Å²) in [4.78, 5) is 3.74. The molecule has 3 aromatic carbocycles. The molecule has 0 saturated heterocycles. The molecule has 48 heavy (non-hydrogen) atoms. The third-order valence-corrected chi connectivity index (χ3v) is 11.5. The molecule has 3 unspecified atom stereocenters. The van der Waals surface area contributed by atoms with E-state index in [1.165, 1.54) is 18.7 Å². The third kappa shape index (κ3) is 8.36. The first-order valence-corrected chi connectivity index (χ1v) is 19.4. The lowest BCUT2D eigenvalue weighted by molar-refractivity contribution is -0.862. The summed E-state index contributed by atoms with van der Waals surface area (Å²) >= 11 is 1.49. The lowest BCUT2D eigenvalue weighted by Crippen LogP contribution is -3.10. The SMILES string of the molecule is CCC(=CC1Oc2ccc(-c3ccccc3)cc2[NH+]1CCC(C)S(=O)(=O)[O-])/C=C1\Sc2cc(OC)c(OC)cc2N1CCCS(=O)(=O)[O-]. The Labute approximate surface area is 286 Å². The standard InChI is InChI=1S/C34H40N2O9S3/c1-5-24(19-34-36(15-9-17-47(37,38)39)28-21-30(43-3)31(44-4)22-32(28)46-34)18-33-35(16-14-23(2)48(40,41)42)27-20-26(12-13-29(27)45-33)25-10-7-6-8-11-25/h6-8,10-13,18-23,33H,5,9,14-17H2,1-4H3,(H,37,38,39)(H,40,41,42)/p-1/b24-18?,34-19-. The number of anilines is 1. The first-order chi connectivity index (χ1) is 22.8. The number of thioether (sulfide) groups is 1. The zero-order valence-corrected chi connectivity index (χ0v) is 29.6. The average molecular weight is 716 g/mol. The van der Waals surface area contributed by atoms with Crippen LogP contribution < -0.4 is 24.0 Å². The molecule has 0 aromatic heterocycles. The zero-order chi connectivity index (χ0) is 34.6. The Morgan fingerprint density at radius 3 is 2.38 bits per heavy atom. The molecule has 0 bridgehead atoms. The summed E-state index contributed by atoms with van der Waals surface area (Å²) in [7, 11) is -5.75. The number of hydrogen-bond donors (Lipinski definition) is 1. The second-order valence-electron chi connectivity index (χ2n) is 11.6. The Morgan fingerprint density at radius 2 is 1.73 bits per heavy atom. The van der Waals surface area contributed by atoms with E-state index >= 15 is 0 Å². The van der Waals surface area contributed by atoms with Crippen LogP contribution in [0.1, 0.15) is 33.1 Å². The van der Waals surface area contributed by atoms with Gasteiger partial charge in [-0.25, -0.2) is 16.8 Å². The molecule has 0 fully saturated rings. The molecule has 3 atom stereocenters. The highest BCUT2D eigenvalue weighted by Gasteiger charge is 2.36. The van der Waals surface area contributed by atoms with Gasteiger partial charge in [0.25, 0.3) is 6.23 Å². The lowest BCUT2D eigenvalue weighted by atomic mass is 10.0. The molecular formula is C34H39N2O9S3-. The lowest BCUT2D eigenvalue weighted by Gasteiger charge is -2.23. The van der Waals surface area contributed by atoms with Crippen LogP contribution in [0.3, 0.4) is 0 Å². The molecule has 1 N–H and O–H groups in total. The van der Waals surface area contributed by atoms with E-state index in [0.29, 0.717) is 30.2 Å². The molecule has 2 aliphatic rings. The molecule has 0 spiro atoms. The van der Waals surface area contributed by atoms with Crippen LogP contribution in [0.4, 0.5) is 11.4 Å². The summed E-state index contributed by atoms with van der Waals surface area (Å²) in [6.07, 6.45) is 4.42. The second kappa shape index (κ2) is 14.9. The number of rotatable bonds is 14. The third-order valence-electron chi connectivity index (χ3n) is 8.44. The number of quaternary nitrogens is 1. The zero-order valence-electron chi connectivity index (χ0n) is 27.2. The maximum atomic E-state index is 11.8. The van der Waals surface area contributed by atoms with Gasteiger partial charge in [0.2, 0.25) is 0 Å². The fraction of sp³-hybridized carbons (Fsp3) is 0.353. The molecule has 11 nitrogen and oxygen atoms in total. The molecule has 2 heterocycles. The highest BCUT2D eigenvalue weighted by Crippen LogP contribution is 2.50. The smallest absolute Gasteiger partial charge is 0.257 e. The van der Waals surface area contributed by atoms with Crippen LogP contribution in [0.2, 0.25) is 0 Å². The quantitative estimate of drug-likeness (QED) is 0.232. The van der Waals surface area contributed by atoms with Gasteiger partial charge in [-0.2, -0.15) is 0 Å². The average Bonchev–Trinajstić information content (AvgIpc) is 3.57. The number of fused-ring (bicyclic) bond motifs is 2. The minimum Gasteiger partial charge on any atom is -0.748 e. The van der Waals surface area contributed by atoms with Crippen LogP contribution in [0.5, 0.6) is 17.2 Å². The number of nitrogens with zero attached hydrogens (tertiary/aromatic N) is 1. The summed E-state index contributed by atoms with van der Waals surface area (Å²) in [5.41, 5.74) is 4.63. The van der Waals surface area contributed by atoms with Crippen LogP contribution in [-0.4, -0.2) is 70.5 Å². The minimum absolute atomic E-state index is 0.131. The maximum absolute atomic E-state index is 11.8. The van der Waals surface area contributed by atoms with Gasteiger partial charge in [-0.1, -0.05) is 55.1 Å². The molecule has 0 amide bonds. The number of benzene rings is 3. The number of hydrogen-bond acceptors (Lipinski definition) is 11. The van der Waals surface area contributed by atoms with Crippen molar-refractivity contribution < 1.29 is 45.1 Å². The van der Waals surface area contributed by atoms with Crippen LogP contribution in [0, 0.1) is 0 Å². The first-order valence-electron chi connectivity index (χ1n) is 15.6. The summed E-state index contributed by atoms with van der Waals surface area (Å²) in [6, 6.07) is 19.6. The van der Waals surface area contributed by atoms with Crippen molar-refractivity contribution in [1.29, 1.82) is 0 Å². The number of nitrogens with one attached hydrogen (secondary N) is 1. The topological polar surface area (TPSA) is 150 Å². The Bertz CT molecular complexity index is 1910. The van der Waals surface area contributed by atoms with Crippen LogP contribution in [0.15, 0.2) is 88.3 Å². The van der Waals surface area contributed by atoms with E-state index in [1.807, 2.05) is 84.6 Å². The van der Waals surface area contributed by atoms with E-state index in [-0.39, 0.29) is 19.4 Å². The Balaban J connectivity index is 1.50. The molecule has 5 rings (SSSR count). The van der Waals surface area contributed by atoms with Crippen molar-refractivity contribution in [3.63, 3.8) is 0 Å². The van der Waals surface area contributed by atoms with Gasteiger partial charge in [0.05, 0.1) is 57.0 Å². The van der Waals surface area contributed by atoms with Crippen molar-refractivity contribution in [3.8, 4) is 28.4 Å². The van der Waals surface area contributed by atoms with E-state index in [9.17, 15) is 25.9 Å². The largest absolute Gasteiger partial charge is 0.748 e. The first kappa shape index (κ1) is 35.8. The van der Waals surface area contributed by atoms with Crippen molar-refractivity contribution in [1.82, 2.24) is 0 Å². The van der Waals surface area contributed by atoms with Gasteiger partial charge in [-0.3, -0.25) is 4.90 Å². The van der Waals surface area contributed by atoms with Crippen LogP contribution >= 0.6 is 11.8 Å². The number of methoxy groups -OCH3 is 2. The monoisotopic (exact) mass is 715 g/mol. The second-order valence-corrected chi connectivity index (χ2v) is 16.0. The Morgan fingerprint density at radius 1 is 1.02 bits per heavy atom. The van der Waals surface area contributed by atoms with Crippen molar-refractivity contribution >= 4 is 43.4 Å². The highest BCUT2D eigenvalue weighted by molar-refractivity contribution is 8.03. The molecule has 2 aliphatic heterocycles. The van der Waals surface area contributed by atoms with E-state index < -0.39 is 37.5 Å². The van der Waals surface area contributed by atoms with Crippen molar-refractivity contribution in [3.05, 3.63) is 83.4 Å². The normalized spacial score (nSPS) is 19.2. The molecule has 0 radical (unpaired) electrons. The Hall–Kier alpha value is -3.53. The van der Waals surface area contributed by atoms with Crippen LogP contribution in [0.25, 0.3) is 11.1 Å². The Kier molecular flexibility index (Phi) is 11.1. The van der Waals surface area contributed by atoms with Gasteiger partial charge >= 0.3 is 0 Å². The minimum atomic E-state index is -4.46. The van der Waals surface area contributed by atoms with Crippen molar-refractivity contribution in [2.24, 2.45) is 0 Å². The van der Waals surface area contributed by atoms with Gasteiger partial charge < -0.3 is 28.2 Å².